The van der Waals surface area contributed by atoms with Gasteiger partial charge in [-0.1, -0.05) is 42.0 Å². The molecule has 0 saturated carbocycles. The zero-order valence-corrected chi connectivity index (χ0v) is 14.4. The highest BCUT2D eigenvalue weighted by Crippen LogP contribution is 2.20. The van der Waals surface area contributed by atoms with Crippen LogP contribution in [-0.2, 0) is 11.5 Å². The summed E-state index contributed by atoms with van der Waals surface area (Å²) in [6.07, 6.45) is 2.28. The van der Waals surface area contributed by atoms with E-state index in [0.29, 0.717) is 0 Å². The fourth-order valence-electron chi connectivity index (χ4n) is 2.94. The molecule has 0 unspecified atom stereocenters. The number of hydrogen-bond donors (Lipinski definition) is 0. The summed E-state index contributed by atoms with van der Waals surface area (Å²) in [5.41, 5.74) is 4.78. The van der Waals surface area contributed by atoms with E-state index in [0.717, 1.165) is 43.0 Å². The molecule has 0 aliphatic carbocycles. The Hall–Kier alpha value is -1.74. The monoisotopic (exact) mass is 325 g/mol. The van der Waals surface area contributed by atoms with Crippen molar-refractivity contribution in [2.45, 2.75) is 31.3 Å². The van der Waals surface area contributed by atoms with Gasteiger partial charge in [-0.25, -0.2) is 0 Å². The van der Waals surface area contributed by atoms with Crippen molar-refractivity contribution in [2.75, 3.05) is 13.1 Å². The fraction of sp³-hybridized carbons (Fsp3) is 0.350. The van der Waals surface area contributed by atoms with Crippen molar-refractivity contribution in [2.24, 2.45) is 0 Å². The first-order valence-electron chi connectivity index (χ1n) is 8.24. The molecule has 2 nitrogen and oxygen atoms in total. The maximum atomic E-state index is 12.3. The highest BCUT2D eigenvalue weighted by atomic mass is 32.2. The number of amides is 1. The Kier molecular flexibility index (Phi) is 5.39. The Labute approximate surface area is 142 Å². The van der Waals surface area contributed by atoms with Crippen molar-refractivity contribution in [3.63, 3.8) is 0 Å². The Morgan fingerprint density at radius 1 is 1.00 bits per heavy atom. The molecule has 1 fully saturated rings. The van der Waals surface area contributed by atoms with Crippen molar-refractivity contribution in [3.8, 4) is 0 Å². The minimum absolute atomic E-state index is 0.182. The molecule has 2 aromatic rings. The molecule has 0 atom stereocenters. The third-order valence-electron chi connectivity index (χ3n) is 4.21. The third kappa shape index (κ3) is 4.38. The molecule has 1 heterocycles. The highest BCUT2D eigenvalue weighted by molar-refractivity contribution is 7.97. The average Bonchev–Trinajstić information content (AvgIpc) is 3.09. The first kappa shape index (κ1) is 16.1. The van der Waals surface area contributed by atoms with Gasteiger partial charge in [-0.05, 0) is 43.0 Å². The summed E-state index contributed by atoms with van der Waals surface area (Å²) in [5.74, 6) is 2.18. The summed E-state index contributed by atoms with van der Waals surface area (Å²) in [7, 11) is 0. The number of aryl methyl sites for hydroxylation is 1. The van der Waals surface area contributed by atoms with Crippen molar-refractivity contribution in [1.29, 1.82) is 0 Å². The second-order valence-electron chi connectivity index (χ2n) is 6.18. The molecular weight excluding hydrogens is 302 g/mol. The predicted molar refractivity (Wildman–Crippen MR) is 97.8 cm³/mol. The Morgan fingerprint density at radius 2 is 1.70 bits per heavy atom. The molecule has 1 amide bonds. The number of nitrogens with zero attached hydrogens (tertiary/aromatic N) is 1. The molecule has 1 aliphatic rings. The van der Waals surface area contributed by atoms with Crippen LogP contribution in [0.25, 0.3) is 0 Å². The van der Waals surface area contributed by atoms with E-state index >= 15 is 0 Å². The summed E-state index contributed by atoms with van der Waals surface area (Å²) in [4.78, 5) is 14.3. The summed E-state index contributed by atoms with van der Waals surface area (Å²) < 4.78 is 0. The van der Waals surface area contributed by atoms with Crippen LogP contribution in [0.2, 0.25) is 0 Å². The lowest BCUT2D eigenvalue weighted by atomic mass is 10.1. The van der Waals surface area contributed by atoms with E-state index in [2.05, 4.69) is 43.3 Å². The molecule has 120 valence electrons. The van der Waals surface area contributed by atoms with E-state index in [1.165, 1.54) is 16.7 Å². The number of benzene rings is 2. The van der Waals surface area contributed by atoms with E-state index in [1.807, 2.05) is 28.8 Å². The van der Waals surface area contributed by atoms with Gasteiger partial charge in [0.05, 0.1) is 0 Å². The van der Waals surface area contributed by atoms with Gasteiger partial charge in [0.1, 0.15) is 0 Å². The normalized spacial score (nSPS) is 14.2. The van der Waals surface area contributed by atoms with Crippen LogP contribution < -0.4 is 0 Å². The van der Waals surface area contributed by atoms with Crippen LogP contribution in [0.4, 0.5) is 0 Å². The van der Waals surface area contributed by atoms with Crippen molar-refractivity contribution >= 4 is 17.7 Å². The molecule has 0 radical (unpaired) electrons. The number of likely N-dealkylation sites (tertiary alicyclic amines) is 1. The summed E-state index contributed by atoms with van der Waals surface area (Å²) >= 11 is 1.91. The van der Waals surface area contributed by atoms with Crippen LogP contribution in [0, 0.1) is 6.92 Å². The molecule has 2 aromatic carbocycles. The lowest BCUT2D eigenvalue weighted by Gasteiger charge is -2.15. The molecular formula is C20H23NOS. The Morgan fingerprint density at radius 3 is 2.39 bits per heavy atom. The van der Waals surface area contributed by atoms with Gasteiger partial charge in [0.2, 0.25) is 0 Å². The van der Waals surface area contributed by atoms with Crippen molar-refractivity contribution in [3.05, 3.63) is 70.8 Å². The molecule has 0 N–H and O–H groups in total. The zero-order valence-electron chi connectivity index (χ0n) is 13.6. The Bertz CT molecular complexity index is 660. The van der Waals surface area contributed by atoms with Crippen LogP contribution in [0.15, 0.2) is 48.5 Å². The van der Waals surface area contributed by atoms with Gasteiger partial charge in [0, 0.05) is 30.2 Å². The number of rotatable bonds is 5. The second-order valence-corrected chi connectivity index (χ2v) is 7.16. The van der Waals surface area contributed by atoms with Crippen LogP contribution in [-0.4, -0.2) is 23.9 Å². The summed E-state index contributed by atoms with van der Waals surface area (Å²) in [6, 6.07) is 16.8. The van der Waals surface area contributed by atoms with Gasteiger partial charge >= 0.3 is 0 Å². The molecule has 1 saturated heterocycles. The standard InChI is InChI=1S/C20H23NOS/c1-16-5-4-6-18(13-16)15-23-14-17-7-9-19(10-8-17)20(22)21-11-2-3-12-21/h4-10,13H,2-3,11-12,14-15H2,1H3. The van der Waals surface area contributed by atoms with Gasteiger partial charge in [-0.2, -0.15) is 11.8 Å². The van der Waals surface area contributed by atoms with E-state index in [1.54, 1.807) is 0 Å². The number of hydrogen-bond acceptors (Lipinski definition) is 2. The quantitative estimate of drug-likeness (QED) is 0.796. The maximum absolute atomic E-state index is 12.3. The van der Waals surface area contributed by atoms with Crippen LogP contribution in [0.1, 0.15) is 39.9 Å². The van der Waals surface area contributed by atoms with E-state index in [9.17, 15) is 4.79 Å². The molecule has 0 bridgehead atoms. The summed E-state index contributed by atoms with van der Waals surface area (Å²) in [6.45, 7) is 3.95. The SMILES string of the molecule is Cc1cccc(CSCc2ccc(C(=O)N3CCCC3)cc2)c1. The van der Waals surface area contributed by atoms with E-state index < -0.39 is 0 Å². The second kappa shape index (κ2) is 7.69. The van der Waals surface area contributed by atoms with Crippen molar-refractivity contribution in [1.82, 2.24) is 4.90 Å². The van der Waals surface area contributed by atoms with Gasteiger partial charge in [0.15, 0.2) is 0 Å². The molecule has 1 aliphatic heterocycles. The smallest absolute Gasteiger partial charge is 0.253 e. The largest absolute Gasteiger partial charge is 0.339 e. The maximum Gasteiger partial charge on any atom is 0.253 e. The van der Waals surface area contributed by atoms with Gasteiger partial charge in [-0.3, -0.25) is 4.79 Å². The van der Waals surface area contributed by atoms with Crippen molar-refractivity contribution < 1.29 is 4.79 Å². The van der Waals surface area contributed by atoms with Gasteiger partial charge in [0.25, 0.3) is 5.91 Å². The molecule has 3 heteroatoms. The number of thioether (sulfide) groups is 1. The first-order valence-corrected chi connectivity index (χ1v) is 9.39. The fourth-order valence-corrected chi connectivity index (χ4v) is 3.88. The Balaban J connectivity index is 1.52. The van der Waals surface area contributed by atoms with E-state index in [4.69, 9.17) is 0 Å². The topological polar surface area (TPSA) is 20.3 Å². The molecule has 0 spiro atoms. The molecule has 0 aromatic heterocycles. The average molecular weight is 325 g/mol. The van der Waals surface area contributed by atoms with Crippen LogP contribution in [0.5, 0.6) is 0 Å². The lowest BCUT2D eigenvalue weighted by molar-refractivity contribution is 0.0793. The summed E-state index contributed by atoms with van der Waals surface area (Å²) in [5, 5.41) is 0. The minimum atomic E-state index is 0.182. The predicted octanol–water partition coefficient (Wildman–Crippen LogP) is 4.66. The van der Waals surface area contributed by atoms with Crippen LogP contribution in [0.3, 0.4) is 0 Å². The first-order chi connectivity index (χ1) is 11.2. The van der Waals surface area contributed by atoms with Gasteiger partial charge < -0.3 is 4.90 Å². The molecule has 3 rings (SSSR count). The van der Waals surface area contributed by atoms with E-state index in [-0.39, 0.29) is 5.91 Å². The highest BCUT2D eigenvalue weighted by Gasteiger charge is 2.18. The third-order valence-corrected chi connectivity index (χ3v) is 5.29. The number of carbonyl (C=O) groups is 1. The van der Waals surface area contributed by atoms with Crippen LogP contribution >= 0.6 is 11.8 Å². The molecule has 23 heavy (non-hydrogen) atoms. The lowest BCUT2D eigenvalue weighted by Crippen LogP contribution is -2.27. The zero-order chi connectivity index (χ0) is 16.1. The number of carbonyl (C=O) groups excluding carboxylic acids is 1. The van der Waals surface area contributed by atoms with Gasteiger partial charge in [-0.15, -0.1) is 0 Å². The minimum Gasteiger partial charge on any atom is -0.339 e.